The molecule has 0 saturated carbocycles. The van der Waals surface area contributed by atoms with Gasteiger partial charge in [-0.25, -0.2) is 15.0 Å². The maximum Gasteiger partial charge on any atom is 0.167 e. The molecule has 5 heteroatoms. The van der Waals surface area contributed by atoms with Gasteiger partial charge in [0.25, 0.3) is 0 Å². The van der Waals surface area contributed by atoms with Gasteiger partial charge in [0.1, 0.15) is 22.3 Å². The highest BCUT2D eigenvalue weighted by Gasteiger charge is 2.23. The predicted molar refractivity (Wildman–Crippen MR) is 227 cm³/mol. The monoisotopic (exact) mass is 717 g/mol. The molecule has 56 heavy (non-hydrogen) atoms. The van der Waals surface area contributed by atoms with Crippen LogP contribution in [0.5, 0.6) is 0 Å². The lowest BCUT2D eigenvalue weighted by Gasteiger charge is -2.17. The summed E-state index contributed by atoms with van der Waals surface area (Å²) in [5.74, 6) is 1.57. The zero-order chi connectivity index (χ0) is 37.0. The molecule has 0 fully saturated rings. The fourth-order valence-corrected chi connectivity index (χ4v) is 7.98. The SMILES string of the molecule is c1ccc(-c2cccc(-c3cccc(-c4nc(-c5cccc6c5oc5ccccc56)nc(-c5cccc6c5oc5ccccc56)n4)c3-c3ccccc3)c2)cc1. The number of fused-ring (bicyclic) bond motifs is 6. The number of hydrogen-bond donors (Lipinski definition) is 0. The zero-order valence-corrected chi connectivity index (χ0v) is 30.1. The minimum Gasteiger partial charge on any atom is -0.455 e. The molecule has 0 spiro atoms. The van der Waals surface area contributed by atoms with Crippen molar-refractivity contribution in [1.29, 1.82) is 0 Å². The van der Waals surface area contributed by atoms with Crippen LogP contribution >= 0.6 is 0 Å². The lowest BCUT2D eigenvalue weighted by molar-refractivity contribution is 0.669. The van der Waals surface area contributed by atoms with Crippen molar-refractivity contribution in [3.8, 4) is 67.5 Å². The molecule has 0 amide bonds. The Morgan fingerprint density at radius 3 is 1.30 bits per heavy atom. The lowest BCUT2D eigenvalue weighted by Crippen LogP contribution is -2.02. The third-order valence-electron chi connectivity index (χ3n) is 10.6. The highest BCUT2D eigenvalue weighted by molar-refractivity contribution is 6.10. The summed E-state index contributed by atoms with van der Waals surface area (Å²) in [6.45, 7) is 0. The van der Waals surface area contributed by atoms with Crippen molar-refractivity contribution < 1.29 is 8.83 Å². The molecule has 0 saturated heterocycles. The Hall–Kier alpha value is -7.63. The molecule has 8 aromatic carbocycles. The van der Waals surface area contributed by atoms with E-state index in [0.717, 1.165) is 93.9 Å². The molecule has 262 valence electrons. The molecule has 5 nitrogen and oxygen atoms in total. The van der Waals surface area contributed by atoms with E-state index in [1.165, 1.54) is 0 Å². The quantitative estimate of drug-likeness (QED) is 0.171. The van der Waals surface area contributed by atoms with Crippen LogP contribution in [0.3, 0.4) is 0 Å². The van der Waals surface area contributed by atoms with E-state index in [-0.39, 0.29) is 0 Å². The Balaban J connectivity index is 1.19. The summed E-state index contributed by atoms with van der Waals surface area (Å²) in [5.41, 5.74) is 12.1. The van der Waals surface area contributed by atoms with Gasteiger partial charge in [0.05, 0.1) is 11.1 Å². The third kappa shape index (κ3) is 5.29. The molecule has 0 aliphatic rings. The molecule has 0 radical (unpaired) electrons. The van der Waals surface area contributed by atoms with Gasteiger partial charge in [0, 0.05) is 32.7 Å². The molecule has 0 N–H and O–H groups in total. The number of nitrogens with zero attached hydrogens (tertiary/aromatic N) is 3. The molecule has 0 aliphatic heterocycles. The van der Waals surface area contributed by atoms with Crippen LogP contribution in [0.25, 0.3) is 111 Å². The average molecular weight is 718 g/mol. The number of furan rings is 2. The number of para-hydroxylation sites is 4. The summed E-state index contributed by atoms with van der Waals surface area (Å²) in [6, 6.07) is 64.6. The Morgan fingerprint density at radius 2 is 0.696 bits per heavy atom. The smallest absolute Gasteiger partial charge is 0.167 e. The largest absolute Gasteiger partial charge is 0.455 e. The van der Waals surface area contributed by atoms with E-state index in [1.54, 1.807) is 0 Å². The van der Waals surface area contributed by atoms with Gasteiger partial charge < -0.3 is 8.83 Å². The second-order valence-corrected chi connectivity index (χ2v) is 13.9. The Labute approximate surface area is 322 Å². The van der Waals surface area contributed by atoms with Gasteiger partial charge in [-0.1, -0.05) is 158 Å². The van der Waals surface area contributed by atoms with Gasteiger partial charge in [-0.15, -0.1) is 0 Å². The van der Waals surface area contributed by atoms with Gasteiger partial charge in [0.15, 0.2) is 17.5 Å². The minimum absolute atomic E-state index is 0.512. The second-order valence-electron chi connectivity index (χ2n) is 13.9. The van der Waals surface area contributed by atoms with Crippen molar-refractivity contribution in [2.45, 2.75) is 0 Å². The van der Waals surface area contributed by atoms with Gasteiger partial charge >= 0.3 is 0 Å². The molecule has 11 rings (SSSR count). The summed E-state index contributed by atoms with van der Waals surface area (Å²) < 4.78 is 13.1. The lowest BCUT2D eigenvalue weighted by atomic mass is 9.89. The molecule has 11 aromatic rings. The Kier molecular flexibility index (Phi) is 7.42. The Morgan fingerprint density at radius 1 is 0.286 bits per heavy atom. The normalized spacial score (nSPS) is 11.6. The number of benzene rings is 8. The highest BCUT2D eigenvalue weighted by Crippen LogP contribution is 2.43. The topological polar surface area (TPSA) is 65.0 Å². The first-order valence-corrected chi connectivity index (χ1v) is 18.7. The molecule has 0 aliphatic carbocycles. The van der Waals surface area contributed by atoms with E-state index in [1.807, 2.05) is 72.8 Å². The number of hydrogen-bond acceptors (Lipinski definition) is 5. The van der Waals surface area contributed by atoms with Crippen LogP contribution in [0.4, 0.5) is 0 Å². The van der Waals surface area contributed by atoms with Gasteiger partial charge in [-0.2, -0.15) is 0 Å². The van der Waals surface area contributed by atoms with Crippen LogP contribution in [0.1, 0.15) is 0 Å². The first kappa shape index (κ1) is 31.9. The summed E-state index contributed by atoms with van der Waals surface area (Å²) in [7, 11) is 0. The summed E-state index contributed by atoms with van der Waals surface area (Å²) in [6.07, 6.45) is 0. The molecule has 3 aromatic heterocycles. The molecule has 3 heterocycles. The maximum absolute atomic E-state index is 6.54. The Bertz CT molecular complexity index is 3120. The standard InChI is InChI=1S/C51H31N3O2/c1-3-15-32(16-4-1)34-19-11-20-35(31-34)36-23-12-26-41(46(36)33-17-5-2-6-18-33)49-52-50(42-27-13-24-39-37-21-7-9-29-44(37)55-47(39)42)54-51(53-49)43-28-14-25-40-38-22-8-10-30-45(38)56-48(40)43/h1-31H. The van der Waals surface area contributed by atoms with E-state index in [4.69, 9.17) is 23.8 Å². The summed E-state index contributed by atoms with van der Waals surface area (Å²) >= 11 is 0. The molecular weight excluding hydrogens is 687 g/mol. The van der Waals surface area contributed by atoms with Crippen LogP contribution in [0, 0.1) is 0 Å². The fourth-order valence-electron chi connectivity index (χ4n) is 7.98. The molecule has 0 unspecified atom stereocenters. The minimum atomic E-state index is 0.512. The summed E-state index contributed by atoms with van der Waals surface area (Å²) in [4.78, 5) is 15.9. The van der Waals surface area contributed by atoms with Crippen LogP contribution < -0.4 is 0 Å². The molecular formula is C51H31N3O2. The third-order valence-corrected chi connectivity index (χ3v) is 10.6. The molecule has 0 atom stereocenters. The van der Waals surface area contributed by atoms with Gasteiger partial charge in [0.2, 0.25) is 0 Å². The van der Waals surface area contributed by atoms with Crippen molar-refractivity contribution in [3.63, 3.8) is 0 Å². The second kappa shape index (κ2) is 13.0. The number of rotatable bonds is 6. The first-order chi connectivity index (χ1) is 27.8. The van der Waals surface area contributed by atoms with Crippen molar-refractivity contribution >= 4 is 43.9 Å². The highest BCUT2D eigenvalue weighted by atomic mass is 16.3. The summed E-state index contributed by atoms with van der Waals surface area (Å²) in [5, 5.41) is 4.10. The van der Waals surface area contributed by atoms with Crippen molar-refractivity contribution in [2.24, 2.45) is 0 Å². The van der Waals surface area contributed by atoms with Crippen LogP contribution in [-0.2, 0) is 0 Å². The van der Waals surface area contributed by atoms with E-state index >= 15 is 0 Å². The van der Waals surface area contributed by atoms with Crippen molar-refractivity contribution in [1.82, 2.24) is 15.0 Å². The van der Waals surface area contributed by atoms with Crippen molar-refractivity contribution in [2.75, 3.05) is 0 Å². The van der Waals surface area contributed by atoms with Gasteiger partial charge in [-0.3, -0.25) is 0 Å². The zero-order valence-electron chi connectivity index (χ0n) is 30.1. The maximum atomic E-state index is 6.54. The van der Waals surface area contributed by atoms with E-state index in [2.05, 4.69) is 115 Å². The predicted octanol–water partition coefficient (Wildman–Crippen LogP) is 13.7. The van der Waals surface area contributed by atoms with Crippen molar-refractivity contribution in [3.05, 3.63) is 188 Å². The van der Waals surface area contributed by atoms with Gasteiger partial charge in [-0.05, 0) is 58.1 Å². The van der Waals surface area contributed by atoms with Crippen LogP contribution in [0.2, 0.25) is 0 Å². The number of aromatic nitrogens is 3. The van der Waals surface area contributed by atoms with Crippen LogP contribution in [-0.4, -0.2) is 15.0 Å². The average Bonchev–Trinajstić information content (AvgIpc) is 3.85. The molecule has 0 bridgehead atoms. The first-order valence-electron chi connectivity index (χ1n) is 18.7. The van der Waals surface area contributed by atoms with E-state index in [0.29, 0.717) is 17.5 Å². The fraction of sp³-hybridized carbons (Fsp3) is 0. The van der Waals surface area contributed by atoms with E-state index in [9.17, 15) is 0 Å². The van der Waals surface area contributed by atoms with E-state index < -0.39 is 0 Å². The van der Waals surface area contributed by atoms with Crippen LogP contribution in [0.15, 0.2) is 197 Å².